The number of hydrogen-bond acceptors (Lipinski definition) is 4. The van der Waals surface area contributed by atoms with Crippen molar-refractivity contribution in [3.05, 3.63) is 64.3 Å². The molecule has 2 aliphatic rings. The normalized spacial score (nSPS) is 17.0. The lowest BCUT2D eigenvalue weighted by molar-refractivity contribution is 0.146. The highest BCUT2D eigenvalue weighted by Gasteiger charge is 2.48. The molecule has 1 aliphatic heterocycles. The average Bonchev–Trinajstić information content (AvgIpc) is 3.47. The van der Waals surface area contributed by atoms with Crippen LogP contribution < -0.4 is 15.9 Å². The standard InChI is InChI=1S/C20H18F4N4/c1-12-7-16-15(9-28(12)20(10-21)5-6-20)19(27-11-26-16)25-8-13-3-2-4-14(17(13)22)18(23)24/h2-4,7,9,11,18H,1,5-6,8,10H2,(H,25,26,27). The van der Waals surface area contributed by atoms with Crippen molar-refractivity contribution in [1.29, 1.82) is 0 Å². The Kier molecular flexibility index (Phi) is 4.56. The molecule has 1 aromatic carbocycles. The summed E-state index contributed by atoms with van der Waals surface area (Å²) >= 11 is 0. The topological polar surface area (TPSA) is 41.1 Å². The third-order valence-corrected chi connectivity index (χ3v) is 5.16. The number of halogens is 4. The summed E-state index contributed by atoms with van der Waals surface area (Å²) in [5.41, 5.74) is -0.461. The minimum atomic E-state index is -2.88. The Labute approximate surface area is 158 Å². The van der Waals surface area contributed by atoms with Crippen LogP contribution in [0.1, 0.15) is 30.4 Å². The molecule has 0 bridgehead atoms. The van der Waals surface area contributed by atoms with E-state index in [9.17, 15) is 17.6 Å². The number of rotatable bonds is 6. The summed E-state index contributed by atoms with van der Waals surface area (Å²) in [7, 11) is 0. The third kappa shape index (κ3) is 3.12. The van der Waals surface area contributed by atoms with Gasteiger partial charge in [0.1, 0.15) is 24.6 Å². The van der Waals surface area contributed by atoms with Gasteiger partial charge in [-0.3, -0.25) is 0 Å². The number of allylic oxidation sites excluding steroid dienone is 1. The zero-order valence-corrected chi connectivity index (χ0v) is 14.9. The first-order valence-electron chi connectivity index (χ1n) is 8.83. The molecular formula is C20H18F4N4. The predicted molar refractivity (Wildman–Crippen MR) is 97.8 cm³/mol. The molecule has 4 nitrogen and oxygen atoms in total. The van der Waals surface area contributed by atoms with E-state index in [-0.39, 0.29) is 12.1 Å². The Morgan fingerprint density at radius 2 is 2.04 bits per heavy atom. The van der Waals surface area contributed by atoms with Crippen molar-refractivity contribution in [3.8, 4) is 0 Å². The van der Waals surface area contributed by atoms with Gasteiger partial charge in [0.25, 0.3) is 6.43 Å². The molecular weight excluding hydrogens is 372 g/mol. The molecule has 1 saturated carbocycles. The number of alkyl halides is 3. The van der Waals surface area contributed by atoms with Crippen molar-refractivity contribution in [2.24, 2.45) is 0 Å². The zero-order valence-electron chi connectivity index (χ0n) is 14.9. The van der Waals surface area contributed by atoms with Gasteiger partial charge in [-0.05, 0) is 18.9 Å². The zero-order chi connectivity index (χ0) is 19.9. The van der Waals surface area contributed by atoms with E-state index in [0.717, 1.165) is 18.9 Å². The van der Waals surface area contributed by atoms with Gasteiger partial charge in [0.2, 0.25) is 0 Å². The summed E-state index contributed by atoms with van der Waals surface area (Å²) in [5.74, 6) is -0.525. The summed E-state index contributed by atoms with van der Waals surface area (Å²) in [6.45, 7) is 3.46. The van der Waals surface area contributed by atoms with Crippen molar-refractivity contribution in [2.75, 3.05) is 12.0 Å². The second-order valence-corrected chi connectivity index (χ2v) is 6.99. The maximum absolute atomic E-state index is 14.3. The van der Waals surface area contributed by atoms with Crippen LogP contribution in [-0.4, -0.2) is 27.1 Å². The maximum Gasteiger partial charge on any atom is 0.266 e. The molecule has 0 spiro atoms. The highest BCUT2D eigenvalue weighted by atomic mass is 19.3. The second-order valence-electron chi connectivity index (χ2n) is 6.99. The Balaban J connectivity index is 1.66. The minimum absolute atomic E-state index is 0.0289. The quantitative estimate of drug-likeness (QED) is 0.770. The van der Waals surface area contributed by atoms with E-state index in [1.54, 1.807) is 17.2 Å². The molecule has 0 atom stereocenters. The molecule has 8 heteroatoms. The van der Waals surface area contributed by atoms with Crippen LogP contribution in [0.5, 0.6) is 0 Å². The van der Waals surface area contributed by atoms with Gasteiger partial charge in [0.05, 0.1) is 21.7 Å². The molecule has 4 rings (SSSR count). The van der Waals surface area contributed by atoms with Gasteiger partial charge in [-0.15, -0.1) is 0 Å². The van der Waals surface area contributed by atoms with Gasteiger partial charge >= 0.3 is 0 Å². The van der Waals surface area contributed by atoms with E-state index in [1.165, 1.54) is 18.5 Å². The first-order valence-corrected chi connectivity index (χ1v) is 8.83. The Morgan fingerprint density at radius 1 is 1.25 bits per heavy atom. The highest BCUT2D eigenvalue weighted by Crippen LogP contribution is 2.44. The van der Waals surface area contributed by atoms with E-state index in [1.807, 2.05) is 0 Å². The van der Waals surface area contributed by atoms with E-state index in [4.69, 9.17) is 0 Å². The number of nitrogens with one attached hydrogen (secondary N) is 1. The van der Waals surface area contributed by atoms with Crippen LogP contribution >= 0.6 is 0 Å². The molecule has 2 heterocycles. The summed E-state index contributed by atoms with van der Waals surface area (Å²) in [6, 6.07) is 3.89. The second kappa shape index (κ2) is 6.92. The van der Waals surface area contributed by atoms with Crippen molar-refractivity contribution >= 4 is 18.1 Å². The highest BCUT2D eigenvalue weighted by molar-refractivity contribution is 5.57. The number of fused-ring (bicyclic) bond motifs is 1. The predicted octanol–water partition coefficient (Wildman–Crippen LogP) is 3.02. The lowest BCUT2D eigenvalue weighted by atomic mass is 10.1. The number of aromatic nitrogens is 2. The molecule has 1 aromatic heterocycles. The van der Waals surface area contributed by atoms with Crippen LogP contribution in [0, 0.1) is 5.82 Å². The average molecular weight is 390 g/mol. The molecule has 0 amide bonds. The third-order valence-electron chi connectivity index (χ3n) is 5.16. The smallest absolute Gasteiger partial charge is 0.266 e. The number of nitrogens with zero attached hydrogens (tertiary/aromatic N) is 3. The molecule has 0 saturated heterocycles. The SMILES string of the molecule is C=C1C=c2ncnc(NCc3cccc(C(F)F)c3F)c2=CN1C1(CF)CC1. The minimum Gasteiger partial charge on any atom is -0.365 e. The monoisotopic (exact) mass is 390 g/mol. The molecule has 1 N–H and O–H groups in total. The molecule has 1 aliphatic carbocycles. The summed E-state index contributed by atoms with van der Waals surface area (Å²) in [5, 5.41) is 4.22. The van der Waals surface area contributed by atoms with Crippen LogP contribution in [0.15, 0.2) is 36.8 Å². The number of anilines is 1. The van der Waals surface area contributed by atoms with Crippen molar-refractivity contribution < 1.29 is 17.6 Å². The fraction of sp³-hybridized carbons (Fsp3) is 0.300. The fourth-order valence-electron chi connectivity index (χ4n) is 3.34. The lowest BCUT2D eigenvalue weighted by Gasteiger charge is -2.31. The summed E-state index contributed by atoms with van der Waals surface area (Å²) in [4.78, 5) is 10.2. The van der Waals surface area contributed by atoms with Gasteiger partial charge in [-0.1, -0.05) is 24.8 Å². The molecule has 0 unspecified atom stereocenters. The van der Waals surface area contributed by atoms with Crippen LogP contribution in [0.4, 0.5) is 23.4 Å². The number of hydrogen-bond donors (Lipinski definition) is 1. The van der Waals surface area contributed by atoms with Crippen molar-refractivity contribution in [3.63, 3.8) is 0 Å². The largest absolute Gasteiger partial charge is 0.365 e. The molecule has 0 radical (unpaired) electrons. The molecule has 2 aromatic rings. The molecule has 146 valence electrons. The summed E-state index contributed by atoms with van der Waals surface area (Å²) < 4.78 is 53.6. The van der Waals surface area contributed by atoms with E-state index in [2.05, 4.69) is 21.9 Å². The fourth-order valence-corrected chi connectivity index (χ4v) is 3.34. The van der Waals surface area contributed by atoms with Gasteiger partial charge in [-0.25, -0.2) is 27.5 Å². The Bertz CT molecular complexity index is 1050. The summed E-state index contributed by atoms with van der Waals surface area (Å²) in [6.07, 6.45) is 3.41. The van der Waals surface area contributed by atoms with Crippen LogP contribution in [0.2, 0.25) is 0 Å². The van der Waals surface area contributed by atoms with Crippen LogP contribution in [-0.2, 0) is 6.54 Å². The van der Waals surface area contributed by atoms with Crippen LogP contribution in [0.25, 0.3) is 12.3 Å². The Morgan fingerprint density at radius 3 is 2.71 bits per heavy atom. The van der Waals surface area contributed by atoms with Crippen molar-refractivity contribution in [2.45, 2.75) is 31.4 Å². The van der Waals surface area contributed by atoms with E-state index in [0.29, 0.717) is 22.1 Å². The maximum atomic E-state index is 14.3. The van der Waals surface area contributed by atoms with Gasteiger partial charge in [-0.2, -0.15) is 0 Å². The van der Waals surface area contributed by atoms with Crippen LogP contribution in [0.3, 0.4) is 0 Å². The van der Waals surface area contributed by atoms with Gasteiger partial charge in [0, 0.05) is 24.0 Å². The first kappa shape index (κ1) is 18.5. The van der Waals surface area contributed by atoms with E-state index >= 15 is 0 Å². The van der Waals surface area contributed by atoms with Gasteiger partial charge < -0.3 is 10.2 Å². The Hall–Kier alpha value is -2.90. The first-order chi connectivity index (χ1) is 13.4. The number of benzene rings is 1. The molecule has 28 heavy (non-hydrogen) atoms. The lowest BCUT2D eigenvalue weighted by Crippen LogP contribution is -2.43. The molecule has 1 fully saturated rings. The van der Waals surface area contributed by atoms with Gasteiger partial charge in [0.15, 0.2) is 0 Å². The van der Waals surface area contributed by atoms with Crippen molar-refractivity contribution in [1.82, 2.24) is 14.9 Å². The van der Waals surface area contributed by atoms with E-state index < -0.39 is 30.0 Å².